The molecule has 134 valence electrons. The molecule has 2 N–H and O–H groups in total. The molecule has 0 heterocycles. The zero-order valence-corrected chi connectivity index (χ0v) is 16.3. The molecule has 3 heteroatoms. The lowest BCUT2D eigenvalue weighted by atomic mass is 10.0. The lowest BCUT2D eigenvalue weighted by Crippen LogP contribution is -2.32. The quantitative estimate of drug-likeness (QED) is 0.600. The van der Waals surface area contributed by atoms with E-state index in [-0.39, 0.29) is 6.04 Å². The Labute approximate surface area is 158 Å². The molecule has 0 bridgehead atoms. The molecule has 0 aliphatic heterocycles. The van der Waals surface area contributed by atoms with E-state index < -0.39 is 6.10 Å². The average Bonchev–Trinajstić information content (AvgIpc) is 2.69. The van der Waals surface area contributed by atoms with Crippen LogP contribution in [0, 0.1) is 6.92 Å². The number of nitrogens with one attached hydrogen (secondary N) is 1. The summed E-state index contributed by atoms with van der Waals surface area (Å²) in [5.74, 6) is 0. The number of benzene rings is 3. The number of aliphatic hydroxyl groups excluding tert-OH is 1. The molecule has 0 aromatic heterocycles. The number of hydrogen-bond acceptors (Lipinski definition) is 2. The van der Waals surface area contributed by atoms with Crippen LogP contribution in [0.4, 0.5) is 0 Å². The summed E-state index contributed by atoms with van der Waals surface area (Å²) < 4.78 is 0. The van der Waals surface area contributed by atoms with Crippen molar-refractivity contribution in [3.05, 3.63) is 90.0 Å². The summed E-state index contributed by atoms with van der Waals surface area (Å²) in [5.41, 5.74) is 4.74. The molecule has 0 saturated carbocycles. The van der Waals surface area contributed by atoms with Gasteiger partial charge in [0.05, 0.1) is 6.10 Å². The van der Waals surface area contributed by atoms with Gasteiger partial charge in [0.25, 0.3) is 0 Å². The van der Waals surface area contributed by atoms with E-state index in [0.717, 1.165) is 11.8 Å². The Hall–Kier alpha value is -1.99. The minimum atomic E-state index is -0.482. The van der Waals surface area contributed by atoms with E-state index in [2.05, 4.69) is 60.8 Å². The molecule has 0 aliphatic rings. The van der Waals surface area contributed by atoms with Crippen molar-refractivity contribution < 1.29 is 5.11 Å². The smallest absolute Gasteiger partial charge is 0.0940 e. The normalized spacial score (nSPS) is 13.8. The third-order valence-electron chi connectivity index (χ3n) is 4.60. The van der Waals surface area contributed by atoms with Crippen LogP contribution in [0.2, 0.25) is 0 Å². The highest BCUT2D eigenvalue weighted by Crippen LogP contribution is 2.21. The van der Waals surface area contributed by atoms with Gasteiger partial charge < -0.3 is 10.4 Å². The summed E-state index contributed by atoms with van der Waals surface area (Å²) in [6.07, 6.45) is 0.388. The Balaban J connectivity index is 1.51. The van der Waals surface area contributed by atoms with E-state index in [9.17, 15) is 5.11 Å². The first-order chi connectivity index (χ1) is 12.6. The Morgan fingerprint density at radius 3 is 2.04 bits per heavy atom. The highest BCUT2D eigenvalue weighted by Gasteiger charge is 2.15. The zero-order valence-electron chi connectivity index (χ0n) is 15.3. The van der Waals surface area contributed by atoms with E-state index in [0.29, 0.717) is 8.58 Å². The third-order valence-corrected chi connectivity index (χ3v) is 5.72. The van der Waals surface area contributed by atoms with Crippen LogP contribution >= 0.6 is 8.58 Å². The van der Waals surface area contributed by atoms with Crippen molar-refractivity contribution in [3.63, 3.8) is 0 Å². The summed E-state index contributed by atoms with van der Waals surface area (Å²) in [4.78, 5) is 0. The number of aliphatic hydroxyl groups is 1. The molecule has 0 amide bonds. The largest absolute Gasteiger partial charge is 0.387 e. The van der Waals surface area contributed by atoms with Gasteiger partial charge in [-0.25, -0.2) is 0 Å². The summed E-state index contributed by atoms with van der Waals surface area (Å²) in [5, 5.41) is 15.2. The molecule has 0 saturated heterocycles. The summed E-state index contributed by atoms with van der Waals surface area (Å²) in [6, 6.07) is 27.3. The van der Waals surface area contributed by atoms with Gasteiger partial charge in [-0.15, -0.1) is 0 Å². The van der Waals surface area contributed by atoms with Crippen LogP contribution in [0.25, 0.3) is 11.1 Å². The van der Waals surface area contributed by atoms with E-state index >= 15 is 0 Å². The first kappa shape index (κ1) is 18.8. The number of rotatable bonds is 7. The van der Waals surface area contributed by atoms with Gasteiger partial charge in [0, 0.05) is 12.3 Å². The van der Waals surface area contributed by atoms with Crippen LogP contribution < -0.4 is 10.6 Å². The highest BCUT2D eigenvalue weighted by molar-refractivity contribution is 7.47. The standard InChI is InChI=1S/C23H26NOP/c1-17-8-10-19(11-9-17)20-12-14-22(15-13-20)26-16-24-18(2)23(25)21-6-4-3-5-7-21/h3-15,18,23-26H,16H2,1-2H3/t18-,23-/m0/s1. The van der Waals surface area contributed by atoms with Crippen molar-refractivity contribution in [3.8, 4) is 11.1 Å². The Bertz CT molecular complexity index is 800. The van der Waals surface area contributed by atoms with Crippen molar-refractivity contribution >= 4 is 13.9 Å². The summed E-state index contributed by atoms with van der Waals surface area (Å²) in [7, 11) is 0.677. The van der Waals surface area contributed by atoms with Crippen LogP contribution in [0.15, 0.2) is 78.9 Å². The topological polar surface area (TPSA) is 32.3 Å². The van der Waals surface area contributed by atoms with E-state index in [4.69, 9.17) is 0 Å². The Morgan fingerprint density at radius 2 is 1.42 bits per heavy atom. The van der Waals surface area contributed by atoms with Crippen molar-refractivity contribution in [2.45, 2.75) is 26.0 Å². The zero-order chi connectivity index (χ0) is 18.4. The minimum absolute atomic E-state index is 0.0248. The Kier molecular flexibility index (Phi) is 6.57. The predicted octanol–water partition coefficient (Wildman–Crippen LogP) is 4.64. The average molecular weight is 363 g/mol. The molecule has 1 unspecified atom stereocenters. The van der Waals surface area contributed by atoms with Crippen LogP contribution in [-0.4, -0.2) is 17.4 Å². The summed E-state index contributed by atoms with van der Waals surface area (Å²) in [6.45, 7) is 4.14. The van der Waals surface area contributed by atoms with Crippen LogP contribution in [-0.2, 0) is 0 Å². The fraction of sp³-hybridized carbons (Fsp3) is 0.217. The molecule has 0 radical (unpaired) electrons. The maximum atomic E-state index is 10.4. The molecule has 3 atom stereocenters. The van der Waals surface area contributed by atoms with Crippen molar-refractivity contribution in [2.75, 3.05) is 6.29 Å². The van der Waals surface area contributed by atoms with Gasteiger partial charge in [0.15, 0.2) is 0 Å². The van der Waals surface area contributed by atoms with Crippen molar-refractivity contribution in [2.24, 2.45) is 0 Å². The van der Waals surface area contributed by atoms with Crippen LogP contribution in [0.5, 0.6) is 0 Å². The first-order valence-electron chi connectivity index (χ1n) is 9.01. The van der Waals surface area contributed by atoms with Crippen LogP contribution in [0.3, 0.4) is 0 Å². The van der Waals surface area contributed by atoms with Crippen LogP contribution in [0.1, 0.15) is 24.2 Å². The molecular weight excluding hydrogens is 337 g/mol. The first-order valence-corrected chi connectivity index (χ1v) is 10.2. The molecular formula is C23H26NOP. The van der Waals surface area contributed by atoms with Crippen molar-refractivity contribution in [1.29, 1.82) is 0 Å². The van der Waals surface area contributed by atoms with Gasteiger partial charge in [-0.1, -0.05) is 93.0 Å². The Morgan fingerprint density at radius 1 is 0.846 bits per heavy atom. The second kappa shape index (κ2) is 9.09. The maximum Gasteiger partial charge on any atom is 0.0940 e. The van der Waals surface area contributed by atoms with E-state index in [1.54, 1.807) is 0 Å². The molecule has 26 heavy (non-hydrogen) atoms. The fourth-order valence-electron chi connectivity index (χ4n) is 2.89. The fourth-order valence-corrected chi connectivity index (χ4v) is 3.92. The predicted molar refractivity (Wildman–Crippen MR) is 113 cm³/mol. The molecule has 0 fully saturated rings. The lowest BCUT2D eigenvalue weighted by molar-refractivity contribution is 0.139. The maximum absolute atomic E-state index is 10.4. The third kappa shape index (κ3) is 5.02. The lowest BCUT2D eigenvalue weighted by Gasteiger charge is -2.20. The number of hydrogen-bond donors (Lipinski definition) is 2. The molecule has 3 aromatic carbocycles. The van der Waals surface area contributed by atoms with E-state index in [1.807, 2.05) is 37.3 Å². The molecule has 3 rings (SSSR count). The van der Waals surface area contributed by atoms with Gasteiger partial charge >= 0.3 is 0 Å². The number of aryl methyl sites for hydroxylation is 1. The molecule has 3 aromatic rings. The second-order valence-electron chi connectivity index (χ2n) is 6.65. The molecule has 0 aliphatic carbocycles. The van der Waals surface area contributed by atoms with Gasteiger partial charge in [-0.2, -0.15) is 0 Å². The van der Waals surface area contributed by atoms with Gasteiger partial charge in [-0.05, 0) is 35.8 Å². The van der Waals surface area contributed by atoms with Gasteiger partial charge in [0.2, 0.25) is 0 Å². The second-order valence-corrected chi connectivity index (χ2v) is 7.93. The monoisotopic (exact) mass is 363 g/mol. The van der Waals surface area contributed by atoms with Crippen molar-refractivity contribution in [1.82, 2.24) is 5.32 Å². The summed E-state index contributed by atoms with van der Waals surface area (Å²) >= 11 is 0. The van der Waals surface area contributed by atoms with E-state index in [1.165, 1.54) is 22.0 Å². The molecule has 0 spiro atoms. The van der Waals surface area contributed by atoms with Gasteiger partial charge in [0.1, 0.15) is 0 Å². The SMILES string of the molecule is Cc1ccc(-c2ccc(PCN[C@@H](C)[C@H](O)c3ccccc3)cc2)cc1. The highest BCUT2D eigenvalue weighted by atomic mass is 31.1. The minimum Gasteiger partial charge on any atom is -0.387 e. The van der Waals surface area contributed by atoms with Gasteiger partial charge in [-0.3, -0.25) is 0 Å². The molecule has 2 nitrogen and oxygen atoms in total.